The second-order valence-corrected chi connectivity index (χ2v) is 7.22. The molecular formula is C19H14ClF3N6O. The fourth-order valence-corrected chi connectivity index (χ4v) is 3.03. The quantitative estimate of drug-likeness (QED) is 0.616. The van der Waals surface area contributed by atoms with Crippen LogP contribution in [0.5, 0.6) is 0 Å². The van der Waals surface area contributed by atoms with Gasteiger partial charge in [-0.25, -0.2) is 14.6 Å². The molecule has 0 spiro atoms. The number of halogens is 4. The first-order valence-electron chi connectivity index (χ1n) is 8.84. The van der Waals surface area contributed by atoms with E-state index in [2.05, 4.69) is 20.1 Å². The molecule has 7 nitrogen and oxygen atoms in total. The molecule has 0 saturated heterocycles. The Morgan fingerprint density at radius 2 is 2.00 bits per heavy atom. The zero-order chi connectivity index (χ0) is 21.5. The summed E-state index contributed by atoms with van der Waals surface area (Å²) in [5.41, 5.74) is 5.44. The van der Waals surface area contributed by atoms with Crippen LogP contribution < -0.4 is 5.73 Å². The highest BCUT2D eigenvalue weighted by molar-refractivity contribution is 6.31. The van der Waals surface area contributed by atoms with Crippen LogP contribution in [0, 0.1) is 0 Å². The first kappa shape index (κ1) is 20.0. The molecule has 11 heteroatoms. The molecule has 2 N–H and O–H groups in total. The molecule has 1 aliphatic rings. The Hall–Kier alpha value is -3.27. The Balaban J connectivity index is 1.72. The number of nitrogens with zero attached hydrogens (tertiary/aromatic N) is 5. The molecule has 0 bridgehead atoms. The first-order chi connectivity index (χ1) is 14.2. The molecule has 0 unspecified atom stereocenters. The first-order valence-corrected chi connectivity index (χ1v) is 9.22. The predicted molar refractivity (Wildman–Crippen MR) is 103 cm³/mol. The Labute approximate surface area is 173 Å². The van der Waals surface area contributed by atoms with Gasteiger partial charge in [-0.3, -0.25) is 9.78 Å². The van der Waals surface area contributed by atoms with Crippen molar-refractivity contribution in [1.29, 1.82) is 0 Å². The van der Waals surface area contributed by atoms with Gasteiger partial charge in [0.2, 0.25) is 0 Å². The van der Waals surface area contributed by atoms with E-state index in [1.807, 2.05) is 0 Å². The number of pyridine rings is 2. The van der Waals surface area contributed by atoms with E-state index in [0.29, 0.717) is 16.3 Å². The molecule has 154 valence electrons. The molecule has 30 heavy (non-hydrogen) atoms. The number of carbonyl (C=O) groups is 1. The molecule has 3 aromatic heterocycles. The minimum Gasteiger partial charge on any atom is -0.366 e. The van der Waals surface area contributed by atoms with Crippen molar-refractivity contribution in [2.24, 2.45) is 5.73 Å². The van der Waals surface area contributed by atoms with E-state index in [1.165, 1.54) is 35.7 Å². The second kappa shape index (κ2) is 7.52. The van der Waals surface area contributed by atoms with Crippen LogP contribution in [0.1, 0.15) is 35.7 Å². The maximum Gasteiger partial charge on any atom is 0.433 e. The average molecular weight is 435 g/mol. The van der Waals surface area contributed by atoms with Crippen molar-refractivity contribution >= 4 is 29.3 Å². The molecule has 0 aromatic carbocycles. The molecule has 0 atom stereocenters. The lowest BCUT2D eigenvalue weighted by atomic mass is 10.1. The van der Waals surface area contributed by atoms with Gasteiger partial charge in [0.25, 0.3) is 5.91 Å². The Kier molecular flexibility index (Phi) is 5.02. The van der Waals surface area contributed by atoms with Gasteiger partial charge in [0.05, 0.1) is 10.6 Å². The highest BCUT2D eigenvalue weighted by Gasteiger charge is 2.35. The lowest BCUT2D eigenvalue weighted by molar-refractivity contribution is -0.141. The molecule has 1 fully saturated rings. The van der Waals surface area contributed by atoms with Crippen molar-refractivity contribution in [2.75, 3.05) is 0 Å². The highest BCUT2D eigenvalue weighted by atomic mass is 35.5. The number of alkyl halides is 3. The summed E-state index contributed by atoms with van der Waals surface area (Å²) < 4.78 is 40.9. The van der Waals surface area contributed by atoms with Crippen LogP contribution in [-0.4, -0.2) is 30.6 Å². The third kappa shape index (κ3) is 4.33. The standard InChI is InChI=1S/C19H14ClF3N6O/c20-13-3-12(6-25-7-13)14(17(24)30)8-29-9-26-18(28-29)11-4-15(10-1-2-10)27-16(5-11)19(21,22)23/h3-10H,1-2H2,(H2,24,30)/b14-8+. The molecule has 4 rings (SSSR count). The smallest absolute Gasteiger partial charge is 0.366 e. The van der Waals surface area contributed by atoms with Crippen LogP contribution in [0.15, 0.2) is 36.9 Å². The minimum absolute atomic E-state index is 0.0184. The zero-order valence-corrected chi connectivity index (χ0v) is 16.0. The number of nitrogens with two attached hydrogens (primary N) is 1. The summed E-state index contributed by atoms with van der Waals surface area (Å²) in [7, 11) is 0. The Morgan fingerprint density at radius 1 is 1.23 bits per heavy atom. The molecule has 1 aliphatic carbocycles. The number of carbonyl (C=O) groups excluding carboxylic acids is 1. The minimum atomic E-state index is -4.58. The van der Waals surface area contributed by atoms with Gasteiger partial charge in [-0.05, 0) is 31.0 Å². The number of hydrogen-bond acceptors (Lipinski definition) is 5. The van der Waals surface area contributed by atoms with Gasteiger partial charge in [0.15, 0.2) is 5.82 Å². The molecule has 0 radical (unpaired) electrons. The van der Waals surface area contributed by atoms with E-state index in [0.717, 1.165) is 18.9 Å². The summed E-state index contributed by atoms with van der Waals surface area (Å²) in [6.07, 6.45) is 2.39. The number of amides is 1. The second-order valence-electron chi connectivity index (χ2n) is 6.79. The summed E-state index contributed by atoms with van der Waals surface area (Å²) in [5.74, 6) is -0.672. The maximum atomic E-state index is 13.2. The van der Waals surface area contributed by atoms with Gasteiger partial charge < -0.3 is 5.73 Å². The Morgan fingerprint density at radius 3 is 2.63 bits per heavy atom. The molecular weight excluding hydrogens is 421 g/mol. The number of primary amides is 1. The normalized spacial score (nSPS) is 14.7. The lowest BCUT2D eigenvalue weighted by Gasteiger charge is -2.09. The largest absolute Gasteiger partial charge is 0.433 e. The van der Waals surface area contributed by atoms with E-state index >= 15 is 0 Å². The summed E-state index contributed by atoms with van der Waals surface area (Å²) in [6.45, 7) is 0. The lowest BCUT2D eigenvalue weighted by Crippen LogP contribution is -2.14. The van der Waals surface area contributed by atoms with E-state index < -0.39 is 17.8 Å². The maximum absolute atomic E-state index is 13.2. The van der Waals surface area contributed by atoms with Gasteiger partial charge in [0, 0.05) is 41.3 Å². The van der Waals surface area contributed by atoms with Crippen molar-refractivity contribution < 1.29 is 18.0 Å². The van der Waals surface area contributed by atoms with E-state index in [1.54, 1.807) is 6.07 Å². The van der Waals surface area contributed by atoms with Gasteiger partial charge in [-0.15, -0.1) is 5.10 Å². The fraction of sp³-hybridized carbons (Fsp3) is 0.211. The highest BCUT2D eigenvalue weighted by Crippen LogP contribution is 2.41. The SMILES string of the molecule is NC(=O)/C(=C/n1cnc(-c2cc(C3CC3)nc(C(F)(F)F)c2)n1)c1cncc(Cl)c1. The van der Waals surface area contributed by atoms with Crippen LogP contribution in [0.4, 0.5) is 13.2 Å². The fourth-order valence-electron chi connectivity index (χ4n) is 2.86. The van der Waals surface area contributed by atoms with Crippen molar-refractivity contribution in [1.82, 2.24) is 24.7 Å². The Bertz CT molecular complexity index is 1150. The van der Waals surface area contributed by atoms with E-state index in [-0.39, 0.29) is 22.9 Å². The monoisotopic (exact) mass is 434 g/mol. The van der Waals surface area contributed by atoms with Gasteiger partial charge in [-0.2, -0.15) is 13.2 Å². The van der Waals surface area contributed by atoms with Crippen LogP contribution in [0.25, 0.3) is 23.2 Å². The van der Waals surface area contributed by atoms with Gasteiger partial charge in [-0.1, -0.05) is 11.6 Å². The zero-order valence-electron chi connectivity index (χ0n) is 15.3. The van der Waals surface area contributed by atoms with Crippen LogP contribution in [0.2, 0.25) is 5.02 Å². The van der Waals surface area contributed by atoms with Crippen LogP contribution in [0.3, 0.4) is 0 Å². The molecule has 3 heterocycles. The summed E-state index contributed by atoms with van der Waals surface area (Å²) in [4.78, 5) is 23.6. The number of hydrogen-bond donors (Lipinski definition) is 1. The van der Waals surface area contributed by atoms with Crippen LogP contribution in [-0.2, 0) is 11.0 Å². The summed E-state index contributed by atoms with van der Waals surface area (Å²) >= 11 is 5.90. The van der Waals surface area contributed by atoms with Gasteiger partial charge >= 0.3 is 6.18 Å². The summed E-state index contributed by atoms with van der Waals surface area (Å²) in [6, 6.07) is 3.97. The van der Waals surface area contributed by atoms with Crippen molar-refractivity contribution in [3.8, 4) is 11.4 Å². The van der Waals surface area contributed by atoms with Crippen molar-refractivity contribution in [3.63, 3.8) is 0 Å². The molecule has 1 saturated carbocycles. The molecule has 1 amide bonds. The topological polar surface area (TPSA) is 99.6 Å². The predicted octanol–water partition coefficient (Wildman–Crippen LogP) is 3.77. The van der Waals surface area contributed by atoms with Gasteiger partial charge in [0.1, 0.15) is 12.0 Å². The van der Waals surface area contributed by atoms with Crippen molar-refractivity contribution in [2.45, 2.75) is 24.9 Å². The van der Waals surface area contributed by atoms with Crippen LogP contribution >= 0.6 is 11.6 Å². The average Bonchev–Trinajstić information content (AvgIpc) is 3.43. The van der Waals surface area contributed by atoms with Crippen molar-refractivity contribution in [3.05, 3.63) is 58.9 Å². The summed E-state index contributed by atoms with van der Waals surface area (Å²) in [5, 5.41) is 4.48. The molecule has 3 aromatic rings. The number of aromatic nitrogens is 5. The number of rotatable bonds is 5. The molecule has 0 aliphatic heterocycles. The third-order valence-corrected chi connectivity index (χ3v) is 4.65. The van der Waals surface area contributed by atoms with E-state index in [9.17, 15) is 18.0 Å². The van der Waals surface area contributed by atoms with E-state index in [4.69, 9.17) is 17.3 Å². The third-order valence-electron chi connectivity index (χ3n) is 4.44.